The number of hydrogen-bond acceptors (Lipinski definition) is 3. The number of nitrogens with zero attached hydrogens (tertiary/aromatic N) is 1. The minimum absolute atomic E-state index is 0. The van der Waals surface area contributed by atoms with E-state index < -0.39 is 0 Å². The van der Waals surface area contributed by atoms with Crippen molar-refractivity contribution in [2.45, 2.75) is 154 Å². The summed E-state index contributed by atoms with van der Waals surface area (Å²) in [5.74, 6) is 0. The quantitative estimate of drug-likeness (QED) is 0.0477. The molecular formula is C38H70INO3. The van der Waals surface area contributed by atoms with E-state index in [1.54, 1.807) is 0 Å². The maximum Gasteiger partial charge on any atom is 0.105 e. The molecule has 1 aromatic carbocycles. The number of quaternary nitrogens is 1. The Kier molecular flexibility index (Phi) is 27.7. The number of rotatable bonds is 30. The van der Waals surface area contributed by atoms with E-state index in [9.17, 15) is 0 Å². The highest BCUT2D eigenvalue weighted by molar-refractivity contribution is 5.13. The van der Waals surface area contributed by atoms with Crippen molar-refractivity contribution >= 4 is 0 Å². The van der Waals surface area contributed by atoms with Crippen molar-refractivity contribution in [2.75, 3.05) is 53.1 Å². The van der Waals surface area contributed by atoms with Crippen LogP contribution in [0.4, 0.5) is 0 Å². The molecule has 43 heavy (non-hydrogen) atoms. The van der Waals surface area contributed by atoms with Gasteiger partial charge in [-0.15, -0.1) is 0 Å². The van der Waals surface area contributed by atoms with E-state index in [2.05, 4.69) is 44.3 Å². The van der Waals surface area contributed by atoms with E-state index in [1.165, 1.54) is 152 Å². The van der Waals surface area contributed by atoms with Crippen LogP contribution in [0, 0.1) is 0 Å². The number of likely N-dealkylation sites (tertiary alicyclic amines) is 1. The summed E-state index contributed by atoms with van der Waals surface area (Å²) in [5.41, 5.74) is 1.21. The van der Waals surface area contributed by atoms with Gasteiger partial charge in [-0.3, -0.25) is 0 Å². The highest BCUT2D eigenvalue weighted by atomic mass is 127. The van der Waals surface area contributed by atoms with Crippen molar-refractivity contribution in [2.24, 2.45) is 0 Å². The molecule has 0 aliphatic carbocycles. The molecule has 0 N–H and O–H groups in total. The van der Waals surface area contributed by atoms with Crippen LogP contribution in [0.3, 0.4) is 0 Å². The summed E-state index contributed by atoms with van der Waals surface area (Å²) >= 11 is 0. The molecule has 5 heteroatoms. The van der Waals surface area contributed by atoms with Crippen LogP contribution in [0.5, 0.6) is 0 Å². The lowest BCUT2D eigenvalue weighted by molar-refractivity contribution is -0.897. The zero-order chi connectivity index (χ0) is 29.8. The summed E-state index contributed by atoms with van der Waals surface area (Å²) < 4.78 is 19.6. The average Bonchev–Trinajstić information content (AvgIpc) is 3.45. The molecule has 0 amide bonds. The van der Waals surface area contributed by atoms with Gasteiger partial charge in [-0.05, 0) is 31.2 Å². The Morgan fingerprint density at radius 1 is 0.605 bits per heavy atom. The molecule has 0 saturated carbocycles. The van der Waals surface area contributed by atoms with Crippen molar-refractivity contribution in [3.8, 4) is 0 Å². The molecule has 1 unspecified atom stereocenters. The first-order chi connectivity index (χ1) is 20.7. The van der Waals surface area contributed by atoms with E-state index in [4.69, 9.17) is 14.2 Å². The van der Waals surface area contributed by atoms with Crippen LogP contribution >= 0.6 is 0 Å². The highest BCUT2D eigenvalue weighted by Gasteiger charge is 2.25. The largest absolute Gasteiger partial charge is 1.00 e. The van der Waals surface area contributed by atoms with Crippen molar-refractivity contribution < 1.29 is 42.7 Å². The van der Waals surface area contributed by atoms with Gasteiger partial charge >= 0.3 is 0 Å². The van der Waals surface area contributed by atoms with Crippen molar-refractivity contribution in [3.63, 3.8) is 0 Å². The second kappa shape index (κ2) is 29.2. The minimum Gasteiger partial charge on any atom is -1.00 e. The summed E-state index contributed by atoms with van der Waals surface area (Å²) in [6, 6.07) is 10.4. The van der Waals surface area contributed by atoms with Crippen LogP contribution in [-0.2, 0) is 20.8 Å². The van der Waals surface area contributed by atoms with Crippen LogP contribution in [-0.4, -0.2) is 63.7 Å². The lowest BCUT2D eigenvalue weighted by Gasteiger charge is -2.29. The monoisotopic (exact) mass is 715 g/mol. The van der Waals surface area contributed by atoms with Crippen molar-refractivity contribution in [3.05, 3.63) is 35.9 Å². The fourth-order valence-corrected chi connectivity index (χ4v) is 6.31. The minimum atomic E-state index is 0. The summed E-state index contributed by atoms with van der Waals surface area (Å²) in [6.45, 7) is 9.99. The molecule has 1 aliphatic rings. The van der Waals surface area contributed by atoms with Gasteiger partial charge in [0.15, 0.2) is 0 Å². The SMILES string of the molecule is CCCCCCCCCCCCCCCCOCC(COCCCCCCC[N+]1(C)CCCC1)OCc1ccccc1.[I-]. The number of unbranched alkanes of at least 4 members (excludes halogenated alkanes) is 17. The smallest absolute Gasteiger partial charge is 0.105 e. The summed E-state index contributed by atoms with van der Waals surface area (Å²) in [6.07, 6.45) is 28.8. The Morgan fingerprint density at radius 2 is 1.05 bits per heavy atom. The highest BCUT2D eigenvalue weighted by Crippen LogP contribution is 2.18. The fraction of sp³-hybridized carbons (Fsp3) is 0.842. The average molecular weight is 716 g/mol. The van der Waals surface area contributed by atoms with Crippen LogP contribution in [0.25, 0.3) is 0 Å². The van der Waals surface area contributed by atoms with Gasteiger partial charge in [-0.25, -0.2) is 0 Å². The third-order valence-electron chi connectivity index (χ3n) is 9.21. The number of ether oxygens (including phenoxy) is 3. The maximum absolute atomic E-state index is 6.22. The third-order valence-corrected chi connectivity index (χ3v) is 9.21. The Bertz CT molecular complexity index is 698. The zero-order valence-electron chi connectivity index (χ0n) is 28.5. The molecule has 2 rings (SSSR count). The molecule has 0 bridgehead atoms. The molecule has 1 aromatic rings. The molecule has 4 nitrogen and oxygen atoms in total. The summed E-state index contributed by atoms with van der Waals surface area (Å²) in [7, 11) is 2.45. The van der Waals surface area contributed by atoms with E-state index in [1.807, 2.05) is 0 Å². The lowest BCUT2D eigenvalue weighted by atomic mass is 10.0. The molecule has 1 atom stereocenters. The third kappa shape index (κ3) is 23.7. The molecule has 1 saturated heterocycles. The molecule has 1 aliphatic heterocycles. The predicted octanol–water partition coefficient (Wildman–Crippen LogP) is 7.28. The summed E-state index contributed by atoms with van der Waals surface area (Å²) in [4.78, 5) is 0. The van der Waals surface area contributed by atoms with E-state index >= 15 is 0 Å². The van der Waals surface area contributed by atoms with Gasteiger partial charge in [0.1, 0.15) is 6.10 Å². The Labute approximate surface area is 285 Å². The van der Waals surface area contributed by atoms with E-state index in [-0.39, 0.29) is 30.1 Å². The predicted molar refractivity (Wildman–Crippen MR) is 180 cm³/mol. The molecule has 1 fully saturated rings. The van der Waals surface area contributed by atoms with Gasteiger partial charge in [0, 0.05) is 26.1 Å². The molecule has 252 valence electrons. The normalized spacial score (nSPS) is 15.0. The molecule has 1 heterocycles. The number of benzene rings is 1. The Balaban J connectivity index is 0.00000924. The van der Waals surface area contributed by atoms with Gasteiger partial charge in [-0.2, -0.15) is 0 Å². The van der Waals surface area contributed by atoms with Gasteiger partial charge in [-0.1, -0.05) is 134 Å². The second-order valence-corrected chi connectivity index (χ2v) is 13.4. The van der Waals surface area contributed by atoms with Gasteiger partial charge in [0.25, 0.3) is 0 Å². The molecule has 0 aromatic heterocycles. The van der Waals surface area contributed by atoms with E-state index in [0.29, 0.717) is 19.8 Å². The van der Waals surface area contributed by atoms with E-state index in [0.717, 1.165) is 26.1 Å². The Morgan fingerprint density at radius 3 is 1.53 bits per heavy atom. The first-order valence-corrected chi connectivity index (χ1v) is 18.4. The first kappa shape index (κ1) is 40.8. The number of halogens is 1. The maximum atomic E-state index is 6.22. The standard InChI is InChI=1S/C38H70NO3.HI/c1-3-4-5-6-7-8-9-10-11-12-13-14-17-25-32-40-35-38(42-34-37-27-20-19-21-28-37)36-41-33-26-18-15-16-22-29-39(2)30-23-24-31-39;/h19-21,27-28,38H,3-18,22-26,29-36H2,1-2H3;1H/q+1;/p-1. The molecule has 0 spiro atoms. The lowest BCUT2D eigenvalue weighted by Crippen LogP contribution is -3.00. The fourth-order valence-electron chi connectivity index (χ4n) is 6.31. The van der Waals surface area contributed by atoms with Crippen LogP contribution in [0.2, 0.25) is 0 Å². The van der Waals surface area contributed by atoms with Gasteiger partial charge in [0.05, 0.1) is 46.5 Å². The first-order valence-electron chi connectivity index (χ1n) is 18.4. The Hall–Kier alpha value is -0.210. The van der Waals surface area contributed by atoms with Crippen molar-refractivity contribution in [1.82, 2.24) is 0 Å². The van der Waals surface area contributed by atoms with Crippen molar-refractivity contribution in [1.29, 1.82) is 0 Å². The second-order valence-electron chi connectivity index (χ2n) is 13.4. The summed E-state index contributed by atoms with van der Waals surface area (Å²) in [5, 5.41) is 0. The van der Waals surface area contributed by atoms with Crippen LogP contribution < -0.4 is 24.0 Å². The number of hydrogen-bond donors (Lipinski definition) is 0. The van der Waals surface area contributed by atoms with Gasteiger partial charge < -0.3 is 42.7 Å². The van der Waals surface area contributed by atoms with Crippen LogP contribution in [0.1, 0.15) is 147 Å². The topological polar surface area (TPSA) is 27.7 Å². The zero-order valence-corrected chi connectivity index (χ0v) is 30.7. The molecule has 0 radical (unpaired) electrons. The molecular weight excluding hydrogens is 645 g/mol. The van der Waals surface area contributed by atoms with Gasteiger partial charge in [0.2, 0.25) is 0 Å². The van der Waals surface area contributed by atoms with Crippen LogP contribution in [0.15, 0.2) is 30.3 Å².